The molecular weight excluding hydrogens is 242 g/mol. The summed E-state index contributed by atoms with van der Waals surface area (Å²) in [5.41, 5.74) is 1.09. The van der Waals surface area contributed by atoms with Crippen LogP contribution in [-0.2, 0) is 9.53 Å². The first kappa shape index (κ1) is 14.0. The number of benzene rings is 1. The quantitative estimate of drug-likeness (QED) is 0.849. The molecule has 1 saturated heterocycles. The minimum Gasteiger partial charge on any atom is -0.387 e. The van der Waals surface area contributed by atoms with Crippen LogP contribution in [-0.4, -0.2) is 30.8 Å². The second-order valence-electron chi connectivity index (χ2n) is 4.98. The van der Waals surface area contributed by atoms with Crippen LogP contribution in [0.5, 0.6) is 0 Å². The Bertz CT molecular complexity index is 388. The van der Waals surface area contributed by atoms with Gasteiger partial charge < -0.3 is 15.2 Å². The lowest BCUT2D eigenvalue weighted by molar-refractivity contribution is -0.124. The van der Waals surface area contributed by atoms with Crippen molar-refractivity contribution in [2.24, 2.45) is 5.92 Å². The minimum atomic E-state index is -0.461. The Kier molecular flexibility index (Phi) is 5.36. The second-order valence-corrected chi connectivity index (χ2v) is 4.98. The Hall–Kier alpha value is -1.39. The lowest BCUT2D eigenvalue weighted by atomic mass is 9.89. The van der Waals surface area contributed by atoms with E-state index in [2.05, 4.69) is 5.32 Å². The highest BCUT2D eigenvalue weighted by molar-refractivity contribution is 5.77. The van der Waals surface area contributed by atoms with Crippen molar-refractivity contribution in [3.63, 3.8) is 0 Å². The maximum Gasteiger partial charge on any atom is 0.246 e. The number of aliphatic hydroxyl groups excluding tert-OH is 1. The molecule has 1 aliphatic heterocycles. The summed E-state index contributed by atoms with van der Waals surface area (Å²) in [4.78, 5) is 11.5. The topological polar surface area (TPSA) is 58.6 Å². The van der Waals surface area contributed by atoms with Crippen LogP contribution in [0.1, 0.15) is 30.9 Å². The molecule has 104 valence electrons. The van der Waals surface area contributed by atoms with Crippen LogP contribution < -0.4 is 5.32 Å². The number of carbonyl (C=O) groups is 1. The van der Waals surface area contributed by atoms with Gasteiger partial charge in [-0.3, -0.25) is 4.79 Å². The number of carbonyl (C=O) groups excluding carboxylic acids is 1. The highest BCUT2D eigenvalue weighted by Crippen LogP contribution is 2.27. The average Bonchev–Trinajstić information content (AvgIpc) is 2.48. The summed E-state index contributed by atoms with van der Waals surface area (Å²) < 4.78 is 5.36. The Morgan fingerprint density at radius 2 is 2.00 bits per heavy atom. The number of hydrogen-bond donors (Lipinski definition) is 2. The number of ether oxygens (including phenoxy) is 1. The van der Waals surface area contributed by atoms with Crippen molar-refractivity contribution >= 4 is 5.91 Å². The van der Waals surface area contributed by atoms with Gasteiger partial charge in [0.1, 0.15) is 6.61 Å². The third-order valence-corrected chi connectivity index (χ3v) is 3.59. The van der Waals surface area contributed by atoms with Crippen LogP contribution in [0.25, 0.3) is 0 Å². The summed E-state index contributed by atoms with van der Waals surface area (Å²) >= 11 is 0. The van der Waals surface area contributed by atoms with Crippen LogP contribution in [0.2, 0.25) is 0 Å². The van der Waals surface area contributed by atoms with Gasteiger partial charge in [-0.1, -0.05) is 30.3 Å². The van der Waals surface area contributed by atoms with Gasteiger partial charge in [-0.25, -0.2) is 0 Å². The molecule has 1 unspecified atom stereocenters. The van der Waals surface area contributed by atoms with E-state index >= 15 is 0 Å². The summed E-state index contributed by atoms with van der Waals surface area (Å²) in [5.74, 6) is 0.249. The molecule has 0 saturated carbocycles. The van der Waals surface area contributed by atoms with Crippen molar-refractivity contribution in [3.8, 4) is 0 Å². The van der Waals surface area contributed by atoms with E-state index in [0.29, 0.717) is 5.92 Å². The van der Waals surface area contributed by atoms with Gasteiger partial charge in [-0.15, -0.1) is 0 Å². The number of hydrogen-bond acceptors (Lipinski definition) is 3. The number of amides is 1. The zero-order valence-electron chi connectivity index (χ0n) is 11.0. The molecule has 2 rings (SSSR count). The minimum absolute atomic E-state index is 0.0241. The first-order valence-corrected chi connectivity index (χ1v) is 6.82. The molecule has 1 aliphatic rings. The molecule has 4 nitrogen and oxygen atoms in total. The molecule has 1 aromatic carbocycles. The number of aliphatic hydroxyl groups is 1. The monoisotopic (exact) mass is 263 g/mol. The summed E-state index contributed by atoms with van der Waals surface area (Å²) in [6.07, 6.45) is 2.98. The maximum atomic E-state index is 11.5. The van der Waals surface area contributed by atoms with E-state index in [-0.39, 0.29) is 11.9 Å². The van der Waals surface area contributed by atoms with Crippen LogP contribution in [0.4, 0.5) is 0 Å². The van der Waals surface area contributed by atoms with Crippen LogP contribution >= 0.6 is 0 Å². The summed E-state index contributed by atoms with van der Waals surface area (Å²) in [6.45, 7) is 1.15. The molecule has 1 amide bonds. The standard InChI is InChI=1S/C15H21NO3/c17-11-15(18)16-14(13-4-2-1-3-5-13)10-12-6-8-19-9-7-12/h1-5,12,14,17H,6-11H2,(H,16,18). The highest BCUT2D eigenvalue weighted by Gasteiger charge is 2.21. The molecule has 1 aromatic rings. The molecule has 0 radical (unpaired) electrons. The Morgan fingerprint density at radius 3 is 2.63 bits per heavy atom. The first-order valence-electron chi connectivity index (χ1n) is 6.82. The van der Waals surface area contributed by atoms with E-state index in [1.165, 1.54) is 0 Å². The maximum absolute atomic E-state index is 11.5. The Labute approximate surface area is 113 Å². The summed E-state index contributed by atoms with van der Waals surface area (Å²) in [5, 5.41) is 11.8. The van der Waals surface area contributed by atoms with E-state index in [1.807, 2.05) is 30.3 Å². The molecular formula is C15H21NO3. The van der Waals surface area contributed by atoms with Crippen molar-refractivity contribution in [1.29, 1.82) is 0 Å². The SMILES string of the molecule is O=C(CO)NC(CC1CCOCC1)c1ccccc1. The lowest BCUT2D eigenvalue weighted by Crippen LogP contribution is -2.33. The van der Waals surface area contributed by atoms with Gasteiger partial charge in [0.2, 0.25) is 5.91 Å². The molecule has 0 aromatic heterocycles. The molecule has 0 spiro atoms. The van der Waals surface area contributed by atoms with Gasteiger partial charge in [0, 0.05) is 13.2 Å². The van der Waals surface area contributed by atoms with Crippen LogP contribution in [0.3, 0.4) is 0 Å². The molecule has 1 heterocycles. The normalized spacial score (nSPS) is 17.9. The predicted molar refractivity (Wildman–Crippen MR) is 72.6 cm³/mol. The summed E-state index contributed by atoms with van der Waals surface area (Å²) in [6, 6.07) is 9.91. The smallest absolute Gasteiger partial charge is 0.246 e. The fourth-order valence-corrected chi connectivity index (χ4v) is 2.52. The average molecular weight is 263 g/mol. The molecule has 0 aliphatic carbocycles. The van der Waals surface area contributed by atoms with E-state index in [0.717, 1.165) is 38.0 Å². The molecule has 1 atom stereocenters. The predicted octanol–water partition coefficient (Wildman–Crippen LogP) is 1.65. The van der Waals surface area contributed by atoms with Gasteiger partial charge in [0.15, 0.2) is 0 Å². The number of rotatable bonds is 5. The lowest BCUT2D eigenvalue weighted by Gasteiger charge is -2.27. The molecule has 4 heteroatoms. The Balaban J connectivity index is 2.03. The van der Waals surface area contributed by atoms with E-state index in [1.54, 1.807) is 0 Å². The van der Waals surface area contributed by atoms with Gasteiger partial charge in [0.25, 0.3) is 0 Å². The Morgan fingerprint density at radius 1 is 1.32 bits per heavy atom. The van der Waals surface area contributed by atoms with Crippen molar-refractivity contribution in [3.05, 3.63) is 35.9 Å². The first-order chi connectivity index (χ1) is 9.29. The van der Waals surface area contributed by atoms with E-state index in [4.69, 9.17) is 9.84 Å². The molecule has 1 fully saturated rings. The third kappa shape index (κ3) is 4.33. The van der Waals surface area contributed by atoms with Crippen LogP contribution in [0.15, 0.2) is 30.3 Å². The van der Waals surface area contributed by atoms with Gasteiger partial charge >= 0.3 is 0 Å². The second kappa shape index (κ2) is 7.26. The van der Waals surface area contributed by atoms with Gasteiger partial charge in [-0.05, 0) is 30.7 Å². The fraction of sp³-hybridized carbons (Fsp3) is 0.533. The van der Waals surface area contributed by atoms with Crippen molar-refractivity contribution < 1.29 is 14.6 Å². The van der Waals surface area contributed by atoms with E-state index in [9.17, 15) is 4.79 Å². The number of nitrogens with one attached hydrogen (secondary N) is 1. The van der Waals surface area contributed by atoms with Gasteiger partial charge in [-0.2, -0.15) is 0 Å². The van der Waals surface area contributed by atoms with Crippen molar-refractivity contribution in [2.75, 3.05) is 19.8 Å². The highest BCUT2D eigenvalue weighted by atomic mass is 16.5. The molecule has 2 N–H and O–H groups in total. The fourth-order valence-electron chi connectivity index (χ4n) is 2.52. The van der Waals surface area contributed by atoms with Crippen LogP contribution in [0, 0.1) is 5.92 Å². The van der Waals surface area contributed by atoms with Crippen molar-refractivity contribution in [2.45, 2.75) is 25.3 Å². The zero-order chi connectivity index (χ0) is 13.5. The van der Waals surface area contributed by atoms with E-state index < -0.39 is 6.61 Å². The third-order valence-electron chi connectivity index (χ3n) is 3.59. The molecule has 0 bridgehead atoms. The van der Waals surface area contributed by atoms with Gasteiger partial charge in [0.05, 0.1) is 6.04 Å². The van der Waals surface area contributed by atoms with Crippen molar-refractivity contribution in [1.82, 2.24) is 5.32 Å². The largest absolute Gasteiger partial charge is 0.387 e. The zero-order valence-corrected chi connectivity index (χ0v) is 11.0. The molecule has 19 heavy (non-hydrogen) atoms. The summed E-state index contributed by atoms with van der Waals surface area (Å²) in [7, 11) is 0.